The highest BCUT2D eigenvalue weighted by atomic mass is 16.5. The molecule has 0 bridgehead atoms. The molecule has 7 heteroatoms. The molecule has 1 unspecified atom stereocenters. The molecule has 2 N–H and O–H groups in total. The van der Waals surface area contributed by atoms with Crippen LogP contribution in [-0.4, -0.2) is 50.7 Å². The molecule has 0 saturated heterocycles. The summed E-state index contributed by atoms with van der Waals surface area (Å²) in [6.07, 6.45) is 0. The van der Waals surface area contributed by atoms with E-state index in [-0.39, 0.29) is 11.8 Å². The van der Waals surface area contributed by atoms with E-state index in [4.69, 9.17) is 14.2 Å². The number of H-pyrrole nitrogens is 1. The fourth-order valence-electron chi connectivity index (χ4n) is 3.41. The minimum atomic E-state index is -0.406. The number of rotatable bonds is 9. The fraction of sp³-hybridized carbons (Fsp3) is 0.455. The number of aryl methyl sites for hydroxylation is 1. The van der Waals surface area contributed by atoms with Crippen molar-refractivity contribution < 1.29 is 28.7 Å². The Kier molecular flexibility index (Phi) is 7.45. The highest BCUT2D eigenvalue weighted by molar-refractivity contribution is 6.03. The molecule has 1 heterocycles. The number of aromatic amines is 1. The largest absolute Gasteiger partial charge is 0.493 e. The summed E-state index contributed by atoms with van der Waals surface area (Å²) in [5.74, 6) is 0.879. The first kappa shape index (κ1) is 22.5. The molecule has 0 spiro atoms. The van der Waals surface area contributed by atoms with Crippen molar-refractivity contribution in [1.29, 1.82) is 0 Å². The number of ketones is 1. The zero-order valence-corrected chi connectivity index (χ0v) is 18.3. The van der Waals surface area contributed by atoms with Crippen LogP contribution < -0.4 is 14.4 Å². The van der Waals surface area contributed by atoms with E-state index in [1.165, 1.54) is 0 Å². The van der Waals surface area contributed by atoms with Crippen LogP contribution in [-0.2, 0) is 11.3 Å². The molecule has 2 rings (SSSR count). The summed E-state index contributed by atoms with van der Waals surface area (Å²) in [5, 5.41) is 0. The summed E-state index contributed by atoms with van der Waals surface area (Å²) >= 11 is 0. The number of nitrogens with one attached hydrogen (secondary N) is 2. The maximum atomic E-state index is 13.1. The van der Waals surface area contributed by atoms with Crippen molar-refractivity contribution in [1.82, 2.24) is 4.98 Å². The molecular formula is C22H31N2O5+. The Morgan fingerprint density at radius 3 is 2.38 bits per heavy atom. The van der Waals surface area contributed by atoms with Crippen LogP contribution in [0.1, 0.15) is 51.5 Å². The van der Waals surface area contributed by atoms with Crippen LogP contribution in [0.2, 0.25) is 0 Å². The number of Topliss-reactive ketones (excluding diaryl/α,β-unsaturated/α-hetero) is 1. The lowest BCUT2D eigenvalue weighted by Gasteiger charge is -2.21. The quantitative estimate of drug-likeness (QED) is 0.495. The van der Waals surface area contributed by atoms with Gasteiger partial charge in [0.1, 0.15) is 6.54 Å². The topological polar surface area (TPSA) is 82.1 Å². The lowest BCUT2D eigenvalue weighted by Crippen LogP contribution is -3.12. The zero-order chi connectivity index (χ0) is 21.7. The molecule has 0 aliphatic heterocycles. The molecule has 0 saturated carbocycles. The number of benzene rings is 1. The Morgan fingerprint density at radius 2 is 1.79 bits per heavy atom. The third kappa shape index (κ3) is 4.79. The number of esters is 1. The maximum absolute atomic E-state index is 13.1. The van der Waals surface area contributed by atoms with Crippen LogP contribution in [0.4, 0.5) is 0 Å². The Morgan fingerprint density at radius 1 is 1.14 bits per heavy atom. The number of quaternary nitrogens is 1. The van der Waals surface area contributed by atoms with Gasteiger partial charge in [0.15, 0.2) is 17.5 Å². The second kappa shape index (κ2) is 9.60. The van der Waals surface area contributed by atoms with Gasteiger partial charge >= 0.3 is 5.97 Å². The van der Waals surface area contributed by atoms with E-state index in [0.717, 1.165) is 10.5 Å². The molecule has 158 valence electrons. The van der Waals surface area contributed by atoms with Gasteiger partial charge in [0.05, 0.1) is 39.1 Å². The third-order valence-corrected chi connectivity index (χ3v) is 5.23. The molecule has 29 heavy (non-hydrogen) atoms. The minimum Gasteiger partial charge on any atom is -0.493 e. The van der Waals surface area contributed by atoms with E-state index < -0.39 is 5.97 Å². The molecule has 2 atom stereocenters. The van der Waals surface area contributed by atoms with E-state index in [1.807, 2.05) is 32.2 Å². The molecule has 0 amide bonds. The third-order valence-electron chi connectivity index (χ3n) is 5.23. The van der Waals surface area contributed by atoms with Gasteiger partial charge in [-0.1, -0.05) is 0 Å². The van der Waals surface area contributed by atoms with Gasteiger partial charge in [-0.25, -0.2) is 4.79 Å². The van der Waals surface area contributed by atoms with Crippen LogP contribution in [0.5, 0.6) is 11.5 Å². The van der Waals surface area contributed by atoms with Crippen LogP contribution in [0.15, 0.2) is 18.2 Å². The van der Waals surface area contributed by atoms with Crippen molar-refractivity contribution >= 4 is 11.8 Å². The summed E-state index contributed by atoms with van der Waals surface area (Å²) < 4.78 is 15.7. The molecule has 1 aromatic carbocycles. The van der Waals surface area contributed by atoms with Crippen LogP contribution >= 0.6 is 0 Å². The van der Waals surface area contributed by atoms with E-state index in [1.54, 1.807) is 35.0 Å². The summed E-state index contributed by atoms with van der Waals surface area (Å²) in [7, 11) is 5.17. The molecule has 1 aromatic heterocycles. The summed E-state index contributed by atoms with van der Waals surface area (Å²) in [6.45, 7) is 8.13. The molecule has 0 aliphatic rings. The smallest absolute Gasteiger partial charge is 0.340 e. The minimum absolute atomic E-state index is 0.0425. The second-order valence-electron chi connectivity index (χ2n) is 7.14. The van der Waals surface area contributed by atoms with Gasteiger partial charge < -0.3 is 24.1 Å². The standard InChI is InChI=1S/C22H30N2O5/c1-8-29-22(26)19-13(2)20(23-14(19)3)21(25)15(4)24(5)12-16-9-10-17(27-6)18(11-16)28-7/h9-11,15,23H,8,12H2,1-7H3/p+1/t15-/m1/s1. The lowest BCUT2D eigenvalue weighted by atomic mass is 10.0. The highest BCUT2D eigenvalue weighted by Gasteiger charge is 2.29. The molecule has 0 fully saturated rings. The lowest BCUT2D eigenvalue weighted by molar-refractivity contribution is -0.907. The average Bonchev–Trinajstić information content (AvgIpc) is 3.00. The normalized spacial score (nSPS) is 12.9. The van der Waals surface area contributed by atoms with Crippen molar-refractivity contribution in [3.8, 4) is 11.5 Å². The Labute approximate surface area is 172 Å². The number of likely N-dealkylation sites (N-methyl/N-ethyl adjacent to an activating group) is 1. The number of methoxy groups -OCH3 is 2. The number of hydrogen-bond donors (Lipinski definition) is 2. The Hall–Kier alpha value is -2.80. The first-order chi connectivity index (χ1) is 13.7. The number of aromatic nitrogens is 1. The van der Waals surface area contributed by atoms with Gasteiger partial charge in [-0.2, -0.15) is 0 Å². The van der Waals surface area contributed by atoms with Crippen molar-refractivity contribution in [3.63, 3.8) is 0 Å². The number of ether oxygens (including phenoxy) is 3. The number of hydrogen-bond acceptors (Lipinski definition) is 5. The monoisotopic (exact) mass is 403 g/mol. The summed E-state index contributed by atoms with van der Waals surface area (Å²) in [4.78, 5) is 29.4. The van der Waals surface area contributed by atoms with E-state index in [9.17, 15) is 9.59 Å². The molecule has 7 nitrogen and oxygen atoms in total. The van der Waals surface area contributed by atoms with E-state index in [2.05, 4.69) is 4.98 Å². The zero-order valence-electron chi connectivity index (χ0n) is 18.3. The summed E-state index contributed by atoms with van der Waals surface area (Å²) in [6, 6.07) is 5.43. The van der Waals surface area contributed by atoms with E-state index in [0.29, 0.717) is 47.2 Å². The molecule has 0 aliphatic carbocycles. The second-order valence-corrected chi connectivity index (χ2v) is 7.14. The van der Waals surface area contributed by atoms with Gasteiger partial charge in [0.2, 0.25) is 5.78 Å². The maximum Gasteiger partial charge on any atom is 0.340 e. The highest BCUT2D eigenvalue weighted by Crippen LogP contribution is 2.27. The van der Waals surface area contributed by atoms with Crippen molar-refractivity contribution in [2.24, 2.45) is 0 Å². The molecule has 0 radical (unpaired) electrons. The van der Waals surface area contributed by atoms with Gasteiger partial charge in [0.25, 0.3) is 0 Å². The number of carbonyl (C=O) groups excluding carboxylic acids is 2. The van der Waals surface area contributed by atoms with E-state index >= 15 is 0 Å². The number of carbonyl (C=O) groups is 2. The van der Waals surface area contributed by atoms with Gasteiger partial charge in [-0.05, 0) is 51.5 Å². The first-order valence-electron chi connectivity index (χ1n) is 9.68. The average molecular weight is 403 g/mol. The molecule has 2 aromatic rings. The van der Waals surface area contributed by atoms with Gasteiger partial charge in [-0.15, -0.1) is 0 Å². The molecular weight excluding hydrogens is 372 g/mol. The van der Waals surface area contributed by atoms with Crippen molar-refractivity contribution in [2.45, 2.75) is 40.3 Å². The predicted octanol–water partition coefficient (Wildman–Crippen LogP) is 2.11. The summed E-state index contributed by atoms with van der Waals surface area (Å²) in [5.41, 5.74) is 3.22. The Bertz CT molecular complexity index is 888. The van der Waals surface area contributed by atoms with Crippen LogP contribution in [0, 0.1) is 13.8 Å². The predicted molar refractivity (Wildman–Crippen MR) is 110 cm³/mol. The van der Waals surface area contributed by atoms with Gasteiger partial charge in [-0.3, -0.25) is 4.79 Å². The van der Waals surface area contributed by atoms with Crippen LogP contribution in [0.25, 0.3) is 0 Å². The Balaban J connectivity index is 2.20. The van der Waals surface area contributed by atoms with Crippen molar-refractivity contribution in [2.75, 3.05) is 27.9 Å². The fourth-order valence-corrected chi connectivity index (χ4v) is 3.41. The van der Waals surface area contributed by atoms with Crippen molar-refractivity contribution in [3.05, 3.63) is 46.3 Å². The van der Waals surface area contributed by atoms with Gasteiger partial charge in [0, 0.05) is 11.3 Å². The SMILES string of the molecule is CCOC(=O)c1c(C)[nH]c(C(=O)[C@@H](C)[NH+](C)Cc2ccc(OC)c(OC)c2)c1C. The first-order valence-corrected chi connectivity index (χ1v) is 9.68. The van der Waals surface area contributed by atoms with Crippen LogP contribution in [0.3, 0.4) is 0 Å².